The third kappa shape index (κ3) is 1.84. The number of nitrogen functional groups attached to an aromatic ring is 1. The number of hydrogen-bond acceptors (Lipinski definition) is 6. The van der Waals surface area contributed by atoms with Gasteiger partial charge in [0, 0.05) is 18.9 Å². The van der Waals surface area contributed by atoms with Crippen molar-refractivity contribution < 1.29 is 4.63 Å². The SMILES string of the molecule is Nc1ccc(NCc2cccnc2)c2nonc12. The van der Waals surface area contributed by atoms with Gasteiger partial charge in [0.25, 0.3) is 0 Å². The molecule has 2 aromatic heterocycles. The maximum Gasteiger partial charge on any atom is 0.160 e. The van der Waals surface area contributed by atoms with E-state index in [-0.39, 0.29) is 0 Å². The highest BCUT2D eigenvalue weighted by Gasteiger charge is 2.09. The van der Waals surface area contributed by atoms with E-state index < -0.39 is 0 Å². The smallest absolute Gasteiger partial charge is 0.160 e. The number of nitrogens with one attached hydrogen (secondary N) is 1. The van der Waals surface area contributed by atoms with Crippen LogP contribution in [0.15, 0.2) is 41.3 Å². The average molecular weight is 241 g/mol. The first-order chi connectivity index (χ1) is 8.84. The summed E-state index contributed by atoms with van der Waals surface area (Å²) in [5.74, 6) is 0. The van der Waals surface area contributed by atoms with Crippen LogP contribution in [0.5, 0.6) is 0 Å². The monoisotopic (exact) mass is 241 g/mol. The predicted octanol–water partition coefficient (Wildman–Crippen LogP) is 1.81. The van der Waals surface area contributed by atoms with E-state index in [2.05, 4.69) is 20.6 Å². The normalized spacial score (nSPS) is 10.7. The second-order valence-corrected chi connectivity index (χ2v) is 3.88. The Hall–Kier alpha value is -2.63. The second kappa shape index (κ2) is 4.33. The number of hydrogen-bond donors (Lipinski definition) is 2. The number of nitrogens with zero attached hydrogens (tertiary/aromatic N) is 3. The summed E-state index contributed by atoms with van der Waals surface area (Å²) in [7, 11) is 0. The minimum Gasteiger partial charge on any atom is -0.397 e. The van der Waals surface area contributed by atoms with Gasteiger partial charge in [0.2, 0.25) is 0 Å². The Morgan fingerprint density at radius 3 is 2.89 bits per heavy atom. The molecule has 90 valence electrons. The fourth-order valence-electron chi connectivity index (χ4n) is 1.73. The minimum atomic E-state index is 0.554. The third-order valence-corrected chi connectivity index (χ3v) is 2.65. The van der Waals surface area contributed by atoms with E-state index in [9.17, 15) is 0 Å². The summed E-state index contributed by atoms with van der Waals surface area (Å²) in [5, 5.41) is 10.9. The molecule has 0 fully saturated rings. The summed E-state index contributed by atoms with van der Waals surface area (Å²) in [5.41, 5.74) is 9.46. The van der Waals surface area contributed by atoms with Crippen LogP contribution in [-0.2, 0) is 6.54 Å². The molecule has 0 saturated carbocycles. The Morgan fingerprint density at radius 1 is 1.17 bits per heavy atom. The summed E-state index contributed by atoms with van der Waals surface area (Å²) in [6.45, 7) is 0.652. The van der Waals surface area contributed by atoms with E-state index in [1.54, 1.807) is 12.3 Å². The summed E-state index contributed by atoms with van der Waals surface area (Å²) >= 11 is 0. The number of fused-ring (bicyclic) bond motifs is 1. The van der Waals surface area contributed by atoms with Gasteiger partial charge >= 0.3 is 0 Å². The molecule has 2 heterocycles. The lowest BCUT2D eigenvalue weighted by Crippen LogP contribution is -2.01. The molecule has 0 aliphatic rings. The third-order valence-electron chi connectivity index (χ3n) is 2.65. The zero-order valence-corrected chi connectivity index (χ0v) is 9.50. The van der Waals surface area contributed by atoms with Gasteiger partial charge in [-0.15, -0.1) is 0 Å². The Bertz CT molecular complexity index is 665. The van der Waals surface area contributed by atoms with Crippen molar-refractivity contribution >= 4 is 22.4 Å². The molecule has 0 aliphatic carbocycles. The molecular weight excluding hydrogens is 230 g/mol. The van der Waals surface area contributed by atoms with Crippen molar-refractivity contribution in [1.29, 1.82) is 0 Å². The minimum absolute atomic E-state index is 0.554. The zero-order valence-electron chi connectivity index (χ0n) is 9.50. The molecule has 3 rings (SSSR count). The van der Waals surface area contributed by atoms with Crippen LogP contribution in [0, 0.1) is 0 Å². The van der Waals surface area contributed by atoms with Crippen molar-refractivity contribution in [2.75, 3.05) is 11.1 Å². The summed E-state index contributed by atoms with van der Waals surface area (Å²) in [4.78, 5) is 4.06. The van der Waals surface area contributed by atoms with Gasteiger partial charge in [-0.05, 0) is 34.1 Å². The average Bonchev–Trinajstić information content (AvgIpc) is 2.90. The van der Waals surface area contributed by atoms with Crippen molar-refractivity contribution in [1.82, 2.24) is 15.3 Å². The van der Waals surface area contributed by atoms with E-state index in [1.165, 1.54) is 0 Å². The van der Waals surface area contributed by atoms with E-state index in [0.29, 0.717) is 23.3 Å². The topological polar surface area (TPSA) is 89.9 Å². The van der Waals surface area contributed by atoms with Crippen LogP contribution in [0.3, 0.4) is 0 Å². The molecule has 0 aliphatic heterocycles. The van der Waals surface area contributed by atoms with Crippen LogP contribution in [0.2, 0.25) is 0 Å². The molecule has 0 amide bonds. The van der Waals surface area contributed by atoms with Crippen molar-refractivity contribution in [2.45, 2.75) is 6.54 Å². The molecule has 0 unspecified atom stereocenters. The van der Waals surface area contributed by atoms with Gasteiger partial charge in [-0.3, -0.25) is 4.98 Å². The van der Waals surface area contributed by atoms with Gasteiger partial charge < -0.3 is 11.1 Å². The first kappa shape index (κ1) is 10.5. The Morgan fingerprint density at radius 2 is 2.06 bits per heavy atom. The van der Waals surface area contributed by atoms with Gasteiger partial charge in [0.15, 0.2) is 11.0 Å². The fourth-order valence-corrected chi connectivity index (χ4v) is 1.73. The highest BCUT2D eigenvalue weighted by molar-refractivity contribution is 5.94. The Labute approximate surface area is 103 Å². The fraction of sp³-hybridized carbons (Fsp3) is 0.0833. The zero-order chi connectivity index (χ0) is 12.4. The summed E-state index contributed by atoms with van der Waals surface area (Å²) < 4.78 is 4.71. The van der Waals surface area contributed by atoms with Crippen LogP contribution in [0.4, 0.5) is 11.4 Å². The van der Waals surface area contributed by atoms with Gasteiger partial charge in [0.1, 0.15) is 0 Å². The number of anilines is 2. The molecule has 18 heavy (non-hydrogen) atoms. The van der Waals surface area contributed by atoms with Gasteiger partial charge in [-0.2, -0.15) is 0 Å². The molecule has 3 N–H and O–H groups in total. The van der Waals surface area contributed by atoms with E-state index in [1.807, 2.05) is 24.4 Å². The molecule has 1 aromatic carbocycles. The molecular formula is C12H11N5O. The Kier molecular flexibility index (Phi) is 2.53. The summed E-state index contributed by atoms with van der Waals surface area (Å²) in [6, 6.07) is 7.53. The highest BCUT2D eigenvalue weighted by Crippen LogP contribution is 2.25. The quantitative estimate of drug-likeness (QED) is 0.680. The van der Waals surface area contributed by atoms with Gasteiger partial charge in [-0.1, -0.05) is 6.07 Å². The molecule has 6 heteroatoms. The molecule has 3 aromatic rings. The standard InChI is InChI=1S/C12H11N5O/c13-9-3-4-10(12-11(9)16-18-17-12)15-7-8-2-1-5-14-6-8/h1-6,15H,7,13H2. The van der Waals surface area contributed by atoms with E-state index in [0.717, 1.165) is 11.3 Å². The lowest BCUT2D eigenvalue weighted by molar-refractivity contribution is 0.316. The van der Waals surface area contributed by atoms with Crippen LogP contribution in [-0.4, -0.2) is 15.3 Å². The molecule has 0 radical (unpaired) electrons. The van der Waals surface area contributed by atoms with E-state index >= 15 is 0 Å². The van der Waals surface area contributed by atoms with Crippen molar-refractivity contribution in [3.8, 4) is 0 Å². The van der Waals surface area contributed by atoms with Crippen LogP contribution in [0.1, 0.15) is 5.56 Å². The molecule has 0 spiro atoms. The number of benzene rings is 1. The second-order valence-electron chi connectivity index (χ2n) is 3.88. The molecule has 0 saturated heterocycles. The number of pyridine rings is 1. The lowest BCUT2D eigenvalue weighted by atomic mass is 10.2. The number of rotatable bonds is 3. The largest absolute Gasteiger partial charge is 0.397 e. The molecule has 6 nitrogen and oxygen atoms in total. The van der Waals surface area contributed by atoms with Crippen molar-refractivity contribution in [2.24, 2.45) is 0 Å². The Balaban J connectivity index is 1.87. The maximum absolute atomic E-state index is 5.78. The van der Waals surface area contributed by atoms with Crippen molar-refractivity contribution in [3.05, 3.63) is 42.2 Å². The highest BCUT2D eigenvalue weighted by atomic mass is 16.6. The predicted molar refractivity (Wildman–Crippen MR) is 67.8 cm³/mol. The van der Waals surface area contributed by atoms with Crippen LogP contribution < -0.4 is 11.1 Å². The number of nitrogens with two attached hydrogens (primary N) is 1. The number of aromatic nitrogens is 3. The summed E-state index contributed by atoms with van der Waals surface area (Å²) in [6.07, 6.45) is 3.55. The molecule has 0 atom stereocenters. The molecule has 0 bridgehead atoms. The van der Waals surface area contributed by atoms with Crippen molar-refractivity contribution in [3.63, 3.8) is 0 Å². The van der Waals surface area contributed by atoms with Gasteiger partial charge in [0.05, 0.1) is 11.4 Å². The van der Waals surface area contributed by atoms with Crippen LogP contribution in [0.25, 0.3) is 11.0 Å². The van der Waals surface area contributed by atoms with Crippen LogP contribution >= 0.6 is 0 Å². The first-order valence-electron chi connectivity index (χ1n) is 5.48. The first-order valence-corrected chi connectivity index (χ1v) is 5.48. The lowest BCUT2D eigenvalue weighted by Gasteiger charge is -2.06. The van der Waals surface area contributed by atoms with E-state index in [4.69, 9.17) is 10.4 Å². The van der Waals surface area contributed by atoms with Gasteiger partial charge in [-0.25, -0.2) is 4.63 Å². The maximum atomic E-state index is 5.78.